The fourth-order valence-electron chi connectivity index (χ4n) is 2.47. The molecule has 1 aromatic carbocycles. The molecule has 0 saturated heterocycles. The van der Waals surface area contributed by atoms with E-state index < -0.39 is 0 Å². The number of amides is 1. The lowest BCUT2D eigenvalue weighted by molar-refractivity contribution is -0.129. The first-order valence-electron chi connectivity index (χ1n) is 8.01. The highest BCUT2D eigenvalue weighted by Crippen LogP contribution is 2.29. The summed E-state index contributed by atoms with van der Waals surface area (Å²) in [6.07, 6.45) is 2.01. The summed E-state index contributed by atoms with van der Waals surface area (Å²) >= 11 is 0. The van der Waals surface area contributed by atoms with E-state index in [-0.39, 0.29) is 11.3 Å². The summed E-state index contributed by atoms with van der Waals surface area (Å²) in [5, 5.41) is 3.33. The highest BCUT2D eigenvalue weighted by Gasteiger charge is 2.18. The van der Waals surface area contributed by atoms with Crippen LogP contribution in [0.1, 0.15) is 53.0 Å². The second-order valence-electron chi connectivity index (χ2n) is 6.53. The number of nitrogens with zero attached hydrogens (tertiary/aromatic N) is 1. The van der Waals surface area contributed by atoms with Gasteiger partial charge in [0.25, 0.3) is 0 Å². The van der Waals surface area contributed by atoms with E-state index in [9.17, 15) is 4.79 Å². The van der Waals surface area contributed by atoms with Crippen molar-refractivity contribution in [3.63, 3.8) is 0 Å². The molecule has 1 N–H and O–H groups in total. The molecule has 1 amide bonds. The van der Waals surface area contributed by atoms with Crippen molar-refractivity contribution in [3.05, 3.63) is 29.8 Å². The van der Waals surface area contributed by atoms with Crippen LogP contribution in [0.4, 0.5) is 5.69 Å². The molecule has 0 bridgehead atoms. The molecule has 0 saturated carbocycles. The summed E-state index contributed by atoms with van der Waals surface area (Å²) in [6.45, 7) is 12.8. The SMILES string of the molecule is CCCN(CCC)C(=O)CNc1ccccc1C(C)(C)C. The van der Waals surface area contributed by atoms with E-state index in [0.717, 1.165) is 31.6 Å². The van der Waals surface area contributed by atoms with Crippen LogP contribution in [0.3, 0.4) is 0 Å². The Kier molecular flexibility index (Phi) is 6.73. The van der Waals surface area contributed by atoms with Crippen LogP contribution in [0.5, 0.6) is 0 Å². The lowest BCUT2D eigenvalue weighted by Gasteiger charge is -2.25. The van der Waals surface area contributed by atoms with Gasteiger partial charge in [-0.15, -0.1) is 0 Å². The van der Waals surface area contributed by atoms with Crippen molar-refractivity contribution in [1.82, 2.24) is 4.90 Å². The zero-order valence-electron chi connectivity index (χ0n) is 14.2. The second kappa shape index (κ2) is 8.06. The third kappa shape index (κ3) is 5.41. The van der Waals surface area contributed by atoms with Crippen molar-refractivity contribution in [2.45, 2.75) is 52.9 Å². The molecule has 0 heterocycles. The number of para-hydroxylation sites is 1. The van der Waals surface area contributed by atoms with Crippen LogP contribution in [0.15, 0.2) is 24.3 Å². The first-order chi connectivity index (χ1) is 9.90. The van der Waals surface area contributed by atoms with Crippen molar-refractivity contribution in [2.24, 2.45) is 0 Å². The summed E-state index contributed by atoms with van der Waals surface area (Å²) in [5.74, 6) is 0.183. The van der Waals surface area contributed by atoms with E-state index in [2.05, 4.69) is 52.1 Å². The minimum Gasteiger partial charge on any atom is -0.376 e. The molecule has 0 aliphatic rings. The second-order valence-corrected chi connectivity index (χ2v) is 6.53. The quantitative estimate of drug-likeness (QED) is 0.822. The Morgan fingerprint density at radius 1 is 1.10 bits per heavy atom. The van der Waals surface area contributed by atoms with Gasteiger partial charge in [-0.1, -0.05) is 52.8 Å². The van der Waals surface area contributed by atoms with Gasteiger partial charge >= 0.3 is 0 Å². The van der Waals surface area contributed by atoms with E-state index in [1.807, 2.05) is 17.0 Å². The minimum atomic E-state index is 0.0686. The molecular formula is C18H30N2O. The Labute approximate surface area is 129 Å². The minimum absolute atomic E-state index is 0.0686. The molecule has 0 radical (unpaired) electrons. The monoisotopic (exact) mass is 290 g/mol. The van der Waals surface area contributed by atoms with E-state index in [1.54, 1.807) is 0 Å². The van der Waals surface area contributed by atoms with Gasteiger partial charge in [0.1, 0.15) is 0 Å². The number of nitrogens with one attached hydrogen (secondary N) is 1. The Hall–Kier alpha value is -1.51. The normalized spacial score (nSPS) is 11.3. The number of rotatable bonds is 7. The van der Waals surface area contributed by atoms with Crippen LogP contribution in [0, 0.1) is 0 Å². The van der Waals surface area contributed by atoms with Crippen LogP contribution in [-0.2, 0) is 10.2 Å². The molecule has 118 valence electrons. The van der Waals surface area contributed by atoms with E-state index in [1.165, 1.54) is 5.56 Å². The van der Waals surface area contributed by atoms with Crippen molar-refractivity contribution in [3.8, 4) is 0 Å². The highest BCUT2D eigenvalue weighted by molar-refractivity contribution is 5.81. The average Bonchev–Trinajstić information content (AvgIpc) is 2.44. The van der Waals surface area contributed by atoms with E-state index in [0.29, 0.717) is 6.54 Å². The Bertz CT molecular complexity index is 443. The predicted octanol–water partition coefficient (Wildman–Crippen LogP) is 4.04. The first-order valence-corrected chi connectivity index (χ1v) is 8.01. The summed E-state index contributed by atoms with van der Waals surface area (Å²) in [4.78, 5) is 14.3. The van der Waals surface area contributed by atoms with Crippen LogP contribution in [0.25, 0.3) is 0 Å². The Balaban J connectivity index is 2.73. The molecule has 3 heteroatoms. The summed E-state index contributed by atoms with van der Waals surface area (Å²) in [5.41, 5.74) is 2.38. The van der Waals surface area contributed by atoms with Crippen LogP contribution in [0.2, 0.25) is 0 Å². The van der Waals surface area contributed by atoms with Gasteiger partial charge in [-0.25, -0.2) is 0 Å². The van der Waals surface area contributed by atoms with Gasteiger partial charge in [-0.05, 0) is 29.9 Å². The summed E-state index contributed by atoms with van der Waals surface area (Å²) in [6, 6.07) is 8.24. The van der Waals surface area contributed by atoms with E-state index >= 15 is 0 Å². The van der Waals surface area contributed by atoms with Crippen molar-refractivity contribution in [2.75, 3.05) is 25.0 Å². The van der Waals surface area contributed by atoms with Gasteiger partial charge in [0.15, 0.2) is 0 Å². The Morgan fingerprint density at radius 3 is 2.19 bits per heavy atom. The number of hydrogen-bond acceptors (Lipinski definition) is 2. The van der Waals surface area contributed by atoms with Gasteiger partial charge in [0.2, 0.25) is 5.91 Å². The molecule has 0 unspecified atom stereocenters. The molecule has 3 nitrogen and oxygen atoms in total. The number of anilines is 1. The molecule has 1 rings (SSSR count). The molecular weight excluding hydrogens is 260 g/mol. The lowest BCUT2D eigenvalue weighted by atomic mass is 9.86. The predicted molar refractivity (Wildman–Crippen MR) is 90.8 cm³/mol. The largest absolute Gasteiger partial charge is 0.376 e. The number of benzene rings is 1. The van der Waals surface area contributed by atoms with Crippen LogP contribution >= 0.6 is 0 Å². The first kappa shape index (κ1) is 17.5. The average molecular weight is 290 g/mol. The molecule has 1 aromatic rings. The molecule has 0 aliphatic carbocycles. The maximum Gasteiger partial charge on any atom is 0.241 e. The maximum absolute atomic E-state index is 12.3. The number of carbonyl (C=O) groups is 1. The third-order valence-electron chi connectivity index (χ3n) is 3.50. The van der Waals surface area contributed by atoms with Gasteiger partial charge in [0.05, 0.1) is 6.54 Å². The maximum atomic E-state index is 12.3. The Morgan fingerprint density at radius 2 is 1.67 bits per heavy atom. The zero-order valence-corrected chi connectivity index (χ0v) is 14.2. The van der Waals surface area contributed by atoms with Crippen LogP contribution < -0.4 is 5.32 Å². The van der Waals surface area contributed by atoms with Crippen LogP contribution in [-0.4, -0.2) is 30.4 Å². The van der Waals surface area contributed by atoms with Crippen molar-refractivity contribution < 1.29 is 4.79 Å². The molecule has 0 atom stereocenters. The summed E-state index contributed by atoms with van der Waals surface area (Å²) in [7, 11) is 0. The molecule has 0 spiro atoms. The smallest absolute Gasteiger partial charge is 0.241 e. The fourth-order valence-corrected chi connectivity index (χ4v) is 2.47. The molecule has 0 aromatic heterocycles. The van der Waals surface area contributed by atoms with Gasteiger partial charge in [-0.3, -0.25) is 4.79 Å². The van der Waals surface area contributed by atoms with E-state index in [4.69, 9.17) is 0 Å². The number of carbonyl (C=O) groups excluding carboxylic acids is 1. The van der Waals surface area contributed by atoms with Crippen molar-refractivity contribution in [1.29, 1.82) is 0 Å². The molecule has 0 fully saturated rings. The standard InChI is InChI=1S/C18H30N2O/c1-6-12-20(13-7-2)17(21)14-19-16-11-9-8-10-15(16)18(3,4)5/h8-11,19H,6-7,12-14H2,1-5H3. The fraction of sp³-hybridized carbons (Fsp3) is 0.611. The summed E-state index contributed by atoms with van der Waals surface area (Å²) < 4.78 is 0. The lowest BCUT2D eigenvalue weighted by Crippen LogP contribution is -2.37. The van der Waals surface area contributed by atoms with Crippen molar-refractivity contribution >= 4 is 11.6 Å². The molecule has 21 heavy (non-hydrogen) atoms. The topological polar surface area (TPSA) is 32.3 Å². The zero-order chi connectivity index (χ0) is 15.9. The highest BCUT2D eigenvalue weighted by atomic mass is 16.2. The van der Waals surface area contributed by atoms with Gasteiger partial charge < -0.3 is 10.2 Å². The molecule has 0 aliphatic heterocycles. The number of hydrogen-bond donors (Lipinski definition) is 1. The van der Waals surface area contributed by atoms with Gasteiger partial charge in [0, 0.05) is 18.8 Å². The van der Waals surface area contributed by atoms with Gasteiger partial charge in [-0.2, -0.15) is 0 Å². The third-order valence-corrected chi connectivity index (χ3v) is 3.50.